The van der Waals surface area contributed by atoms with Crippen LogP contribution < -0.4 is 10.8 Å². The molecule has 0 aliphatic carbocycles. The molecule has 3 N–H and O–H groups in total. The molecule has 0 bridgehead atoms. The number of para-hydroxylation sites is 1. The summed E-state index contributed by atoms with van der Waals surface area (Å²) in [6, 6.07) is 15.9. The van der Waals surface area contributed by atoms with Gasteiger partial charge in [0.25, 0.3) is 5.91 Å². The summed E-state index contributed by atoms with van der Waals surface area (Å²) in [5.74, 6) is -4.23. The van der Waals surface area contributed by atoms with Crippen LogP contribution in [-0.2, 0) is 65.5 Å². The highest BCUT2D eigenvalue weighted by Crippen LogP contribution is 2.30. The minimum absolute atomic E-state index is 0.670. The molecule has 1 aliphatic rings. The molecule has 256 valence electrons. The number of carbonyl (C=O) groups excluding carboxylic acids is 5. The zero-order valence-electron chi connectivity index (χ0n) is 27.3. The molecule has 1 fully saturated rings. The molecule has 14 nitrogen and oxygen atoms in total. The van der Waals surface area contributed by atoms with Crippen molar-refractivity contribution >= 4 is 46.8 Å². The van der Waals surface area contributed by atoms with Crippen molar-refractivity contribution in [2.75, 3.05) is 13.7 Å². The molecule has 5 atom stereocenters. The van der Waals surface area contributed by atoms with Gasteiger partial charge in [0, 0.05) is 50.0 Å². The smallest absolute Gasteiger partial charge is 0.339 e. The average Bonchev–Trinajstić information content (AvgIpc) is 3.37. The highest BCUT2D eigenvalue weighted by molar-refractivity contribution is 5.91. The van der Waals surface area contributed by atoms with Gasteiger partial charge in [0.1, 0.15) is 0 Å². The molecular formula is C34H39N3O11. The number of methoxy groups -OCH3 is 1. The molecule has 2 heterocycles. The number of hydrogen-bond donors (Lipinski definition) is 3. The van der Waals surface area contributed by atoms with E-state index in [0.29, 0.717) is 6.54 Å². The van der Waals surface area contributed by atoms with Crippen LogP contribution in [0.15, 0.2) is 54.6 Å². The lowest BCUT2D eigenvalue weighted by molar-refractivity contribution is -0.311. The fourth-order valence-electron chi connectivity index (χ4n) is 5.35. The Morgan fingerprint density at radius 3 is 2.19 bits per heavy atom. The maximum atomic E-state index is 12.6. The highest BCUT2D eigenvalue weighted by Gasteiger charge is 2.55. The number of aromatic nitrogens is 1. The first kappa shape index (κ1) is 35.8. The molecule has 3 aromatic rings. The van der Waals surface area contributed by atoms with Crippen LogP contribution in [0.25, 0.3) is 17.0 Å². The third kappa shape index (κ3) is 9.50. The van der Waals surface area contributed by atoms with Gasteiger partial charge in [0.15, 0.2) is 24.4 Å². The third-order valence-corrected chi connectivity index (χ3v) is 7.43. The number of hydrogen-bond acceptors (Lipinski definition) is 12. The van der Waals surface area contributed by atoms with Crippen LogP contribution in [0.3, 0.4) is 0 Å². The average molecular weight is 666 g/mol. The van der Waals surface area contributed by atoms with Crippen molar-refractivity contribution < 1.29 is 52.5 Å². The first-order valence-electron chi connectivity index (χ1n) is 15.2. The largest absolute Gasteiger partial charge is 0.467 e. The van der Waals surface area contributed by atoms with Crippen molar-refractivity contribution in [3.8, 4) is 0 Å². The Kier molecular flexibility index (Phi) is 12.4. The summed E-state index contributed by atoms with van der Waals surface area (Å²) in [5, 5.41) is 4.71. The molecule has 1 aromatic heterocycles. The number of H-pyrrole nitrogens is 1. The predicted molar refractivity (Wildman–Crippen MR) is 170 cm³/mol. The van der Waals surface area contributed by atoms with E-state index in [9.17, 15) is 24.0 Å². The topological polar surface area (TPSA) is 181 Å². The number of rotatable bonds is 13. The molecule has 1 amide bonds. The Morgan fingerprint density at radius 2 is 1.52 bits per heavy atom. The Morgan fingerprint density at radius 1 is 0.875 bits per heavy atom. The monoisotopic (exact) mass is 665 g/mol. The number of carbonyl (C=O) groups is 5. The van der Waals surface area contributed by atoms with E-state index in [2.05, 4.69) is 34.8 Å². The van der Waals surface area contributed by atoms with Crippen LogP contribution >= 0.6 is 0 Å². The quantitative estimate of drug-likeness (QED) is 0.0800. The number of ether oxygens (including phenoxy) is 5. The lowest BCUT2D eigenvalue weighted by atomic mass is 9.98. The van der Waals surface area contributed by atoms with Gasteiger partial charge in [-0.3, -0.25) is 19.2 Å². The van der Waals surface area contributed by atoms with Crippen LogP contribution in [0.2, 0.25) is 0 Å². The molecule has 0 unspecified atom stereocenters. The van der Waals surface area contributed by atoms with Crippen molar-refractivity contribution in [2.24, 2.45) is 0 Å². The second-order valence-electron chi connectivity index (χ2n) is 11.0. The lowest BCUT2D eigenvalue weighted by Gasteiger charge is -2.42. The predicted octanol–water partition coefficient (Wildman–Crippen LogP) is 2.56. The van der Waals surface area contributed by atoms with E-state index < -0.39 is 60.5 Å². The van der Waals surface area contributed by atoms with Gasteiger partial charge in [-0.15, -0.1) is 0 Å². The molecular weight excluding hydrogens is 626 g/mol. The van der Waals surface area contributed by atoms with Gasteiger partial charge in [-0.1, -0.05) is 42.5 Å². The summed E-state index contributed by atoms with van der Waals surface area (Å²) in [7, 11) is 1.06. The number of aryl methyl sites for hydroxylation is 1. The van der Waals surface area contributed by atoms with E-state index >= 15 is 0 Å². The molecule has 1 saturated heterocycles. The van der Waals surface area contributed by atoms with Crippen LogP contribution in [0.1, 0.15) is 43.2 Å². The first-order valence-corrected chi connectivity index (χ1v) is 15.2. The maximum Gasteiger partial charge on any atom is 0.339 e. The molecule has 48 heavy (non-hydrogen) atoms. The van der Waals surface area contributed by atoms with Crippen molar-refractivity contribution in [1.82, 2.24) is 15.8 Å². The summed E-state index contributed by atoms with van der Waals surface area (Å²) < 4.78 is 26.1. The number of nitrogens with one attached hydrogen (secondary N) is 3. The number of aromatic amines is 1. The second kappa shape index (κ2) is 16.7. The highest BCUT2D eigenvalue weighted by atomic mass is 16.8. The number of fused-ring (bicyclic) bond motifs is 1. The molecule has 0 saturated carbocycles. The Hall–Kier alpha value is -5.05. The minimum Gasteiger partial charge on any atom is -0.467 e. The van der Waals surface area contributed by atoms with Crippen LogP contribution in [-0.4, -0.2) is 79.1 Å². The minimum atomic E-state index is -1.67. The van der Waals surface area contributed by atoms with Crippen molar-refractivity contribution in [3.63, 3.8) is 0 Å². The third-order valence-electron chi connectivity index (χ3n) is 7.43. The SMILES string of the molecule is COC(=O)[C@H]1O[C@@H](ONC(=O)/C=C/c2ccc(CNCCc3c(C)[nH]c4ccccc34)cc2)[C@H](OC(C)=O)[C@@H](OC(C)=O)[C@@H]1OC(C)=O. The van der Waals surface area contributed by atoms with Crippen LogP contribution in [0.5, 0.6) is 0 Å². The van der Waals surface area contributed by atoms with Gasteiger partial charge in [-0.25, -0.2) is 15.1 Å². The lowest BCUT2D eigenvalue weighted by Crippen LogP contribution is -2.64. The fraction of sp³-hybridized carbons (Fsp3) is 0.382. The zero-order valence-corrected chi connectivity index (χ0v) is 27.3. The molecule has 1 aliphatic heterocycles. The second-order valence-corrected chi connectivity index (χ2v) is 11.0. The Bertz CT molecular complexity index is 1650. The number of amides is 1. The van der Waals surface area contributed by atoms with E-state index in [4.69, 9.17) is 28.5 Å². The van der Waals surface area contributed by atoms with Gasteiger partial charge in [-0.05, 0) is 48.7 Å². The summed E-state index contributed by atoms with van der Waals surface area (Å²) in [4.78, 5) is 69.6. The Labute approximate surface area is 277 Å². The maximum absolute atomic E-state index is 12.6. The van der Waals surface area contributed by atoms with Crippen molar-refractivity contribution in [1.29, 1.82) is 0 Å². The van der Waals surface area contributed by atoms with Crippen LogP contribution in [0, 0.1) is 6.92 Å². The first-order chi connectivity index (χ1) is 23.0. The molecule has 4 rings (SSSR count). The van der Waals surface area contributed by atoms with Crippen molar-refractivity contribution in [3.05, 3.63) is 77.0 Å². The normalized spacial score (nSPS) is 20.6. The Balaban J connectivity index is 1.34. The van der Waals surface area contributed by atoms with Gasteiger partial charge in [0.2, 0.25) is 6.29 Å². The molecule has 0 spiro atoms. The standard InChI is InChI=1S/C34H39N3O11/c1-19-25(26-8-6-7-9-27(26)36-19)16-17-35-18-24-12-10-23(11-13-24)14-15-28(41)37-48-34-32(46-22(4)40)30(45-21(3)39)29(44-20(2)38)31(47-34)33(42)43-5/h6-15,29-32,34-36H,16-18H2,1-5H3,(H,37,41)/b15-14+/t29-,30-,31-,32+,34-/m0/s1. The summed E-state index contributed by atoms with van der Waals surface area (Å²) in [5.41, 5.74) is 7.56. The van der Waals surface area contributed by atoms with Gasteiger partial charge in [0.05, 0.1) is 7.11 Å². The number of benzene rings is 2. The van der Waals surface area contributed by atoms with E-state index in [-0.39, 0.29) is 0 Å². The zero-order chi connectivity index (χ0) is 34.8. The van der Waals surface area contributed by atoms with E-state index in [1.54, 1.807) is 6.08 Å². The summed E-state index contributed by atoms with van der Waals surface area (Å²) in [6.07, 6.45) is -4.33. The number of esters is 4. The molecule has 0 radical (unpaired) electrons. The van der Waals surface area contributed by atoms with E-state index in [1.165, 1.54) is 22.7 Å². The van der Waals surface area contributed by atoms with Gasteiger partial charge >= 0.3 is 23.9 Å². The van der Waals surface area contributed by atoms with Gasteiger partial charge < -0.3 is 34.0 Å². The fourth-order valence-corrected chi connectivity index (χ4v) is 5.35. The molecule has 2 aromatic carbocycles. The number of hydroxylamine groups is 1. The van der Waals surface area contributed by atoms with Crippen molar-refractivity contribution in [2.45, 2.75) is 71.4 Å². The molecule has 14 heteroatoms. The summed E-state index contributed by atoms with van der Waals surface area (Å²) >= 11 is 0. The van der Waals surface area contributed by atoms with E-state index in [0.717, 1.165) is 57.5 Å². The van der Waals surface area contributed by atoms with E-state index in [1.807, 2.05) is 36.4 Å². The summed E-state index contributed by atoms with van der Waals surface area (Å²) in [6.45, 7) is 6.76. The van der Waals surface area contributed by atoms with Gasteiger partial charge in [-0.2, -0.15) is 0 Å². The van der Waals surface area contributed by atoms with Crippen LogP contribution in [0.4, 0.5) is 0 Å².